The van der Waals surface area contributed by atoms with Crippen LogP contribution >= 0.6 is 0 Å². The molecule has 0 aromatic rings. The van der Waals surface area contributed by atoms with Crippen LogP contribution in [0.1, 0.15) is 80.1 Å². The fourth-order valence-electron chi connectivity index (χ4n) is 2.14. The molecule has 30 heavy (non-hydrogen) atoms. The minimum absolute atomic E-state index is 0. The van der Waals surface area contributed by atoms with Crippen LogP contribution in [0, 0.1) is 15.3 Å². The summed E-state index contributed by atoms with van der Waals surface area (Å²) >= 11 is 0. The average Bonchev–Trinajstić information content (AvgIpc) is 2.53. The Morgan fingerprint density at radius 1 is 0.767 bits per heavy atom. The van der Waals surface area contributed by atoms with E-state index < -0.39 is 11.1 Å². The van der Waals surface area contributed by atoms with Gasteiger partial charge in [-0.05, 0) is 80.1 Å². The van der Waals surface area contributed by atoms with Gasteiger partial charge in [-0.3, -0.25) is 0 Å². The van der Waals surface area contributed by atoms with Crippen LogP contribution in [0.4, 0.5) is 0 Å². The van der Waals surface area contributed by atoms with Crippen LogP contribution < -0.4 is 5.11 Å². The predicted octanol–water partition coefficient (Wildman–Crippen LogP) is 4.64. The molecule has 0 heterocycles. The summed E-state index contributed by atoms with van der Waals surface area (Å²) in [4.78, 5) is 17.1. The van der Waals surface area contributed by atoms with Crippen LogP contribution in [0.15, 0.2) is 46.6 Å². The van der Waals surface area contributed by atoms with Gasteiger partial charge in [-0.1, -0.05) is 46.6 Å². The van der Waals surface area contributed by atoms with Crippen LogP contribution in [0.5, 0.6) is 0 Å². The Morgan fingerprint density at radius 2 is 1.03 bits per heavy atom. The Morgan fingerprint density at radius 3 is 1.30 bits per heavy atom. The van der Waals surface area contributed by atoms with Crippen LogP contribution in [0.3, 0.4) is 0 Å². The van der Waals surface area contributed by atoms with Gasteiger partial charge in [0.2, 0.25) is 0 Å². The van der Waals surface area contributed by atoms with Gasteiger partial charge in [0.05, 0.1) is 11.7 Å². The molecule has 0 aromatic heterocycles. The van der Waals surface area contributed by atoms with E-state index in [0.29, 0.717) is 0 Å². The Bertz CT molecular complexity index is 556. The number of carboxylic acid groups (broad SMARTS) is 1. The van der Waals surface area contributed by atoms with E-state index in [0.717, 1.165) is 39.0 Å². The molecule has 177 valence electrons. The molecule has 1 N–H and O–H groups in total. The van der Waals surface area contributed by atoms with Crippen molar-refractivity contribution in [3.05, 3.63) is 61.9 Å². The summed E-state index contributed by atoms with van der Waals surface area (Å²) < 4.78 is 0. The molecule has 1 radical (unpaired) electrons. The second-order valence-corrected chi connectivity index (χ2v) is 6.95. The molecule has 0 unspecified atom stereocenters. The van der Waals surface area contributed by atoms with Crippen LogP contribution in [-0.2, 0) is 27.2 Å². The number of nitrogens with zero attached hydrogens (tertiary/aromatic N) is 1. The van der Waals surface area contributed by atoms with E-state index in [-0.39, 0.29) is 29.0 Å². The maximum Gasteiger partial charge on any atom is 2.00 e. The molecule has 0 amide bonds. The third-order valence-electron chi connectivity index (χ3n) is 3.59. The topological polar surface area (TPSA) is 127 Å². The summed E-state index contributed by atoms with van der Waals surface area (Å²) in [5, 5.41) is 32.4. The van der Waals surface area contributed by atoms with Crippen LogP contribution in [0.25, 0.3) is 0 Å². The fourth-order valence-corrected chi connectivity index (χ4v) is 2.14. The standard InChI is InChI=1S/C20H34O.C2H4O2.Ag.NO3/c1-17(2)9-6-10-18(3)11-7-12-19(4)13-8-14-20(5)15-16-21;1-2(3)4;;2-1(3)4/h9,11,13,15,21H,6-8,10,12,14,16H2,1-5H3;1H3,(H,3,4);;/q;;+2;-1/p-1. The van der Waals surface area contributed by atoms with E-state index in [1.54, 1.807) is 0 Å². The number of hydrogen-bond donors (Lipinski definition) is 1. The van der Waals surface area contributed by atoms with E-state index in [2.05, 4.69) is 52.8 Å². The zero-order chi connectivity index (χ0) is 23.2. The van der Waals surface area contributed by atoms with Crippen molar-refractivity contribution in [2.75, 3.05) is 6.61 Å². The van der Waals surface area contributed by atoms with E-state index >= 15 is 0 Å². The Kier molecular flexibility index (Phi) is 30.2. The Labute approximate surface area is 196 Å². The first-order valence-electron chi connectivity index (χ1n) is 9.62. The second kappa shape index (κ2) is 25.4. The summed E-state index contributed by atoms with van der Waals surface area (Å²) in [7, 11) is 0. The fraction of sp³-hybridized carbons (Fsp3) is 0.591. The van der Waals surface area contributed by atoms with Gasteiger partial charge < -0.3 is 30.3 Å². The molecule has 0 fully saturated rings. The van der Waals surface area contributed by atoms with Gasteiger partial charge in [0.15, 0.2) is 0 Å². The number of carboxylic acids is 1. The number of carbonyl (C=O) groups excluding carboxylic acids is 1. The minimum Gasteiger partial charge on any atom is -0.550 e. The van der Waals surface area contributed by atoms with Crippen LogP contribution in [-0.4, -0.2) is 22.8 Å². The number of carbonyl (C=O) groups is 1. The first-order valence-corrected chi connectivity index (χ1v) is 9.62. The Balaban J connectivity index is -0.000000319. The van der Waals surface area contributed by atoms with Gasteiger partial charge in [0.1, 0.15) is 0 Å². The normalized spacial score (nSPS) is 11.1. The first-order chi connectivity index (χ1) is 13.4. The molecule has 0 aliphatic heterocycles. The number of rotatable bonds is 10. The zero-order valence-corrected chi connectivity index (χ0v) is 20.5. The van der Waals surface area contributed by atoms with Crippen LogP contribution in [0.2, 0.25) is 0 Å². The second-order valence-electron chi connectivity index (χ2n) is 6.95. The smallest absolute Gasteiger partial charge is 0.550 e. The zero-order valence-electron chi connectivity index (χ0n) is 19.0. The monoisotopic (exact) mass is 518 g/mol. The molecular formula is C22H37AgNO6. The van der Waals surface area contributed by atoms with Crippen molar-refractivity contribution in [3.8, 4) is 0 Å². The van der Waals surface area contributed by atoms with Crippen molar-refractivity contribution in [2.45, 2.75) is 80.1 Å². The van der Waals surface area contributed by atoms with E-state index in [9.17, 15) is 0 Å². The van der Waals surface area contributed by atoms with Crippen molar-refractivity contribution in [1.82, 2.24) is 0 Å². The predicted molar refractivity (Wildman–Crippen MR) is 117 cm³/mol. The summed E-state index contributed by atoms with van der Waals surface area (Å²) in [5.74, 6) is -1.08. The number of aliphatic carboxylic acids is 1. The SMILES string of the molecule is CC(=O)[O-].CC(C)=CCCC(C)=CCCC(C)=CCCC(C)=CCO.O=[N+]([O-])[O-].[Ag+2]. The first kappa shape index (κ1) is 35.7. The molecule has 0 saturated carbocycles. The summed E-state index contributed by atoms with van der Waals surface area (Å²) in [5.41, 5.74) is 5.66. The van der Waals surface area contributed by atoms with Gasteiger partial charge in [-0.25, -0.2) is 0 Å². The number of aliphatic hydroxyl groups is 1. The molecule has 0 aliphatic carbocycles. The largest absolute Gasteiger partial charge is 2.00 e. The van der Waals surface area contributed by atoms with Gasteiger partial charge in [0, 0.05) is 5.97 Å². The summed E-state index contributed by atoms with van der Waals surface area (Å²) in [6.45, 7) is 12.0. The molecular weight excluding hydrogens is 482 g/mol. The van der Waals surface area contributed by atoms with Crippen molar-refractivity contribution in [1.29, 1.82) is 0 Å². The Hall–Kier alpha value is -1.67. The van der Waals surface area contributed by atoms with E-state index in [4.69, 9.17) is 30.3 Å². The van der Waals surface area contributed by atoms with Gasteiger partial charge >= 0.3 is 22.4 Å². The molecule has 0 aliphatic rings. The average molecular weight is 519 g/mol. The van der Waals surface area contributed by atoms with Crippen molar-refractivity contribution >= 4 is 5.97 Å². The maximum atomic E-state index is 8.89. The van der Waals surface area contributed by atoms with Gasteiger partial charge in [-0.15, -0.1) is 0 Å². The van der Waals surface area contributed by atoms with Gasteiger partial charge in [0.25, 0.3) is 0 Å². The quantitative estimate of drug-likeness (QED) is 0.194. The number of allylic oxidation sites excluding steroid dienone is 7. The van der Waals surface area contributed by atoms with Crippen molar-refractivity contribution < 1.29 is 42.5 Å². The molecule has 0 saturated heterocycles. The molecule has 0 rings (SSSR count). The minimum atomic E-state index is -1.75. The number of hydrogen-bond acceptors (Lipinski definition) is 6. The van der Waals surface area contributed by atoms with Crippen molar-refractivity contribution in [3.63, 3.8) is 0 Å². The molecule has 0 bridgehead atoms. The molecule has 7 nitrogen and oxygen atoms in total. The third kappa shape index (κ3) is 45.2. The summed E-state index contributed by atoms with van der Waals surface area (Å²) in [6.07, 6.45) is 15.7. The maximum absolute atomic E-state index is 8.89. The van der Waals surface area contributed by atoms with E-state index in [1.807, 2.05) is 6.08 Å². The van der Waals surface area contributed by atoms with Gasteiger partial charge in [-0.2, -0.15) is 0 Å². The third-order valence-corrected chi connectivity index (χ3v) is 3.59. The molecule has 0 spiro atoms. The molecule has 8 heteroatoms. The van der Waals surface area contributed by atoms with Crippen molar-refractivity contribution in [2.24, 2.45) is 0 Å². The summed E-state index contributed by atoms with van der Waals surface area (Å²) in [6, 6.07) is 0. The molecule has 0 aromatic carbocycles. The molecule has 0 atom stereocenters. The number of aliphatic hydroxyl groups excluding tert-OH is 1. The van der Waals surface area contributed by atoms with E-state index in [1.165, 1.54) is 28.7 Å².